The molecule has 2 heterocycles. The van der Waals surface area contributed by atoms with Gasteiger partial charge in [0.25, 0.3) is 0 Å². The molecule has 1 aliphatic rings. The monoisotopic (exact) mass is 430 g/mol. The minimum absolute atomic E-state index is 0.235. The number of aryl methyl sites for hydroxylation is 2. The Kier molecular flexibility index (Phi) is 5.41. The number of nitrogens with zero attached hydrogens (tertiary/aromatic N) is 6. The summed E-state index contributed by atoms with van der Waals surface area (Å²) in [6.07, 6.45) is 4.40. The maximum Gasteiger partial charge on any atom is 0.123 e. The second-order valence-corrected chi connectivity index (χ2v) is 7.52. The molecule has 8 heteroatoms. The van der Waals surface area contributed by atoms with Gasteiger partial charge in [-0.1, -0.05) is 12.1 Å². The van der Waals surface area contributed by atoms with Gasteiger partial charge in [0.2, 0.25) is 0 Å². The molecule has 0 saturated heterocycles. The molecule has 3 aromatic carbocycles. The van der Waals surface area contributed by atoms with Crippen LogP contribution in [0.2, 0.25) is 0 Å². The van der Waals surface area contributed by atoms with Crippen molar-refractivity contribution in [1.29, 1.82) is 0 Å². The van der Waals surface area contributed by atoms with E-state index in [4.69, 9.17) is 0 Å². The summed E-state index contributed by atoms with van der Waals surface area (Å²) in [7, 11) is 0. The summed E-state index contributed by atoms with van der Waals surface area (Å²) in [6.45, 7) is 0. The van der Waals surface area contributed by atoms with E-state index in [1.54, 1.807) is 29.1 Å². The maximum atomic E-state index is 12.8. The van der Waals surface area contributed by atoms with Gasteiger partial charge >= 0.3 is 0 Å². The second-order valence-electron chi connectivity index (χ2n) is 7.52. The van der Waals surface area contributed by atoms with Crippen LogP contribution >= 0.6 is 0 Å². The first-order valence-electron chi connectivity index (χ1n) is 10.4. The molecular weight excluding hydrogens is 410 g/mol. The molecule has 0 aliphatic heterocycles. The highest BCUT2D eigenvalue weighted by atomic mass is 19.1. The van der Waals surface area contributed by atoms with Gasteiger partial charge in [-0.25, -0.2) is 8.78 Å². The molecule has 32 heavy (non-hydrogen) atoms. The summed E-state index contributed by atoms with van der Waals surface area (Å²) in [5, 5.41) is 17.5. The van der Waals surface area contributed by atoms with E-state index in [1.165, 1.54) is 41.9 Å². The van der Waals surface area contributed by atoms with Crippen molar-refractivity contribution in [2.24, 2.45) is 0 Å². The van der Waals surface area contributed by atoms with E-state index < -0.39 is 0 Å². The van der Waals surface area contributed by atoms with Gasteiger partial charge in [0.1, 0.15) is 22.7 Å². The standard InChI is InChI=1S/C12H12FN3.C12H8FN3/c2*13-9-5-7-10(8-6-9)16-14-11-3-1-2-4-12(11)15-16/h5-8H,1-4H2;1-8H. The Morgan fingerprint density at radius 2 is 0.938 bits per heavy atom. The van der Waals surface area contributed by atoms with E-state index in [9.17, 15) is 8.78 Å². The maximum absolute atomic E-state index is 12.8. The summed E-state index contributed by atoms with van der Waals surface area (Å²) < 4.78 is 25.5. The molecule has 0 bridgehead atoms. The molecule has 6 rings (SSSR count). The van der Waals surface area contributed by atoms with Crippen LogP contribution in [0.5, 0.6) is 0 Å². The van der Waals surface area contributed by atoms with Crippen LogP contribution in [0.3, 0.4) is 0 Å². The molecule has 0 N–H and O–H groups in total. The minimum Gasteiger partial charge on any atom is -0.207 e. The van der Waals surface area contributed by atoms with Crippen LogP contribution in [0.15, 0.2) is 72.8 Å². The molecule has 2 aromatic heterocycles. The number of rotatable bonds is 2. The zero-order chi connectivity index (χ0) is 21.9. The molecule has 1 aliphatic carbocycles. The summed E-state index contributed by atoms with van der Waals surface area (Å²) in [5.41, 5.74) is 5.40. The van der Waals surface area contributed by atoms with Crippen LogP contribution < -0.4 is 0 Å². The Bertz CT molecular complexity index is 1280. The Morgan fingerprint density at radius 3 is 1.38 bits per heavy atom. The Hall–Kier alpha value is -3.94. The molecular formula is C24H20F2N6. The number of fused-ring (bicyclic) bond motifs is 2. The molecule has 0 atom stereocenters. The van der Waals surface area contributed by atoms with Gasteiger partial charge in [-0.3, -0.25) is 0 Å². The van der Waals surface area contributed by atoms with Crippen LogP contribution in [0, 0.1) is 11.6 Å². The third-order valence-corrected chi connectivity index (χ3v) is 5.24. The average molecular weight is 430 g/mol. The lowest BCUT2D eigenvalue weighted by Gasteiger charge is -2.04. The lowest BCUT2D eigenvalue weighted by atomic mass is 10.0. The van der Waals surface area contributed by atoms with E-state index in [1.807, 2.05) is 24.3 Å². The zero-order valence-electron chi connectivity index (χ0n) is 17.2. The molecule has 0 saturated carbocycles. The summed E-state index contributed by atoms with van der Waals surface area (Å²) in [5.74, 6) is -0.499. The van der Waals surface area contributed by atoms with Crippen molar-refractivity contribution >= 4 is 11.0 Å². The normalized spacial score (nSPS) is 12.8. The Morgan fingerprint density at radius 1 is 0.531 bits per heavy atom. The van der Waals surface area contributed by atoms with E-state index in [-0.39, 0.29) is 11.6 Å². The van der Waals surface area contributed by atoms with Crippen molar-refractivity contribution in [1.82, 2.24) is 30.0 Å². The molecule has 6 nitrogen and oxygen atoms in total. The molecule has 0 radical (unpaired) electrons. The molecule has 5 aromatic rings. The summed E-state index contributed by atoms with van der Waals surface area (Å²) in [6, 6.07) is 19.9. The fourth-order valence-corrected chi connectivity index (χ4v) is 3.58. The average Bonchev–Trinajstić information content (AvgIpc) is 3.45. The third kappa shape index (κ3) is 4.25. The number of hydrogen-bond donors (Lipinski definition) is 0. The second kappa shape index (κ2) is 8.66. The van der Waals surface area contributed by atoms with Gasteiger partial charge in [0, 0.05) is 0 Å². The van der Waals surface area contributed by atoms with Crippen molar-refractivity contribution in [3.05, 3.63) is 95.8 Å². The highest BCUT2D eigenvalue weighted by Crippen LogP contribution is 2.18. The Labute approximate surface area is 183 Å². The van der Waals surface area contributed by atoms with Gasteiger partial charge < -0.3 is 0 Å². The number of halogens is 2. The largest absolute Gasteiger partial charge is 0.207 e. The smallest absolute Gasteiger partial charge is 0.123 e. The molecule has 160 valence electrons. The van der Waals surface area contributed by atoms with Crippen molar-refractivity contribution < 1.29 is 8.78 Å². The molecule has 0 spiro atoms. The van der Waals surface area contributed by atoms with Crippen LogP contribution in [-0.4, -0.2) is 30.0 Å². The number of aromatic nitrogens is 6. The van der Waals surface area contributed by atoms with Crippen LogP contribution in [0.25, 0.3) is 22.4 Å². The van der Waals surface area contributed by atoms with Crippen LogP contribution in [-0.2, 0) is 12.8 Å². The molecule has 0 amide bonds. The van der Waals surface area contributed by atoms with Gasteiger partial charge in [-0.2, -0.15) is 19.8 Å². The highest BCUT2D eigenvalue weighted by molar-refractivity contribution is 5.73. The van der Waals surface area contributed by atoms with Gasteiger partial charge in [-0.05, 0) is 86.3 Å². The molecule has 0 unspecified atom stereocenters. The zero-order valence-corrected chi connectivity index (χ0v) is 17.2. The minimum atomic E-state index is -0.263. The van der Waals surface area contributed by atoms with Gasteiger partial charge in [0.15, 0.2) is 0 Å². The van der Waals surface area contributed by atoms with E-state index >= 15 is 0 Å². The summed E-state index contributed by atoms with van der Waals surface area (Å²) in [4.78, 5) is 3.11. The van der Waals surface area contributed by atoms with Gasteiger partial charge in [0.05, 0.1) is 22.8 Å². The van der Waals surface area contributed by atoms with Crippen LogP contribution in [0.1, 0.15) is 24.2 Å². The predicted molar refractivity (Wildman–Crippen MR) is 117 cm³/mol. The number of hydrogen-bond acceptors (Lipinski definition) is 4. The van der Waals surface area contributed by atoms with Gasteiger partial charge in [-0.15, -0.1) is 10.2 Å². The predicted octanol–water partition coefficient (Wildman–Crippen LogP) is 4.84. The lowest BCUT2D eigenvalue weighted by molar-refractivity contribution is 0.625. The van der Waals surface area contributed by atoms with Crippen molar-refractivity contribution in [3.8, 4) is 11.4 Å². The first kappa shape index (κ1) is 20.0. The first-order chi connectivity index (χ1) is 15.7. The first-order valence-corrected chi connectivity index (χ1v) is 10.4. The third-order valence-electron chi connectivity index (χ3n) is 5.24. The van der Waals surface area contributed by atoms with Crippen molar-refractivity contribution in [2.45, 2.75) is 25.7 Å². The number of benzene rings is 3. The Balaban J connectivity index is 0.000000135. The fraction of sp³-hybridized carbons (Fsp3) is 0.167. The van der Waals surface area contributed by atoms with Crippen molar-refractivity contribution in [3.63, 3.8) is 0 Å². The van der Waals surface area contributed by atoms with Crippen LogP contribution in [0.4, 0.5) is 8.78 Å². The molecule has 0 fully saturated rings. The van der Waals surface area contributed by atoms with E-state index in [0.29, 0.717) is 0 Å². The van der Waals surface area contributed by atoms with Crippen molar-refractivity contribution in [2.75, 3.05) is 0 Å². The lowest BCUT2D eigenvalue weighted by Crippen LogP contribution is -2.00. The summed E-state index contributed by atoms with van der Waals surface area (Å²) >= 11 is 0. The highest BCUT2D eigenvalue weighted by Gasteiger charge is 2.15. The van der Waals surface area contributed by atoms with E-state index in [2.05, 4.69) is 20.4 Å². The quantitative estimate of drug-likeness (QED) is 0.402. The fourth-order valence-electron chi connectivity index (χ4n) is 3.58. The topological polar surface area (TPSA) is 61.4 Å². The van der Waals surface area contributed by atoms with E-state index in [0.717, 1.165) is 46.6 Å². The SMILES string of the molecule is Fc1ccc(-n2nc3c(n2)CCCC3)cc1.Fc1ccc(-n2nc3ccccc3n2)cc1.